The Morgan fingerprint density at radius 3 is 2.50 bits per heavy atom. The van der Waals surface area contributed by atoms with E-state index in [1.807, 2.05) is 18.5 Å². The van der Waals surface area contributed by atoms with Gasteiger partial charge >= 0.3 is 7.12 Å². The highest BCUT2D eigenvalue weighted by Gasteiger charge is 2.52. The number of hydrogen-bond donors (Lipinski definition) is 0. The normalized spacial score (nSPS) is 27.1. The minimum Gasteiger partial charge on any atom is -0.399 e. The van der Waals surface area contributed by atoms with E-state index in [4.69, 9.17) is 14.3 Å². The number of pyridine rings is 2. The highest BCUT2D eigenvalue weighted by Crippen LogP contribution is 2.51. The van der Waals surface area contributed by atoms with E-state index in [2.05, 4.69) is 51.4 Å². The maximum absolute atomic E-state index is 6.29. The van der Waals surface area contributed by atoms with Gasteiger partial charge in [0.25, 0.3) is 0 Å². The van der Waals surface area contributed by atoms with Gasteiger partial charge in [0.15, 0.2) is 0 Å². The molecule has 0 aromatic carbocycles. The molecule has 0 N–H and O–H groups in total. The standard InChI is InChI=1S/C23H27BN2O2/c1-15-8-9-23(12-15)13-19-17(7-6-10-25-19)20-18(23)11-16(14-26-20)24-27-21(2,3)22(4,5)28-24/h6-7,10-11,14H,1,8-9,12-13H2,2-5H3. The summed E-state index contributed by atoms with van der Waals surface area (Å²) in [5.41, 5.74) is 6.32. The quantitative estimate of drug-likeness (QED) is 0.560. The van der Waals surface area contributed by atoms with Crippen LogP contribution in [0.2, 0.25) is 0 Å². The van der Waals surface area contributed by atoms with Gasteiger partial charge in [-0.3, -0.25) is 9.97 Å². The van der Waals surface area contributed by atoms with E-state index in [-0.39, 0.29) is 23.7 Å². The van der Waals surface area contributed by atoms with Crippen LogP contribution in [0.3, 0.4) is 0 Å². The van der Waals surface area contributed by atoms with Crippen molar-refractivity contribution in [3.8, 4) is 11.3 Å². The third kappa shape index (κ3) is 2.52. The van der Waals surface area contributed by atoms with Crippen molar-refractivity contribution in [2.45, 2.75) is 70.0 Å². The van der Waals surface area contributed by atoms with Gasteiger partial charge in [-0.05, 0) is 64.7 Å². The lowest BCUT2D eigenvalue weighted by molar-refractivity contribution is 0.00578. The number of hydrogen-bond acceptors (Lipinski definition) is 4. The maximum Gasteiger partial charge on any atom is 0.496 e. The summed E-state index contributed by atoms with van der Waals surface area (Å²) in [6, 6.07) is 6.41. The summed E-state index contributed by atoms with van der Waals surface area (Å²) in [6.45, 7) is 12.6. The van der Waals surface area contributed by atoms with Crippen molar-refractivity contribution in [2.75, 3.05) is 0 Å². The molecular formula is C23H27BN2O2. The third-order valence-electron chi connectivity index (χ3n) is 7.20. The minimum absolute atomic E-state index is 0.0421. The molecule has 5 rings (SSSR count). The lowest BCUT2D eigenvalue weighted by Crippen LogP contribution is -2.41. The van der Waals surface area contributed by atoms with Crippen LogP contribution in [0.4, 0.5) is 0 Å². The summed E-state index contributed by atoms with van der Waals surface area (Å²) in [6.07, 6.45) is 7.93. The SMILES string of the molecule is C=C1CCC2(C1)Cc1ncccc1-c1ncc(B3OC(C)(C)C(C)(C)O3)cc12. The van der Waals surface area contributed by atoms with Crippen LogP contribution in [0.15, 0.2) is 42.7 Å². The minimum atomic E-state index is -0.389. The number of nitrogens with zero attached hydrogens (tertiary/aromatic N) is 2. The lowest BCUT2D eigenvalue weighted by Gasteiger charge is -2.36. The fourth-order valence-corrected chi connectivity index (χ4v) is 4.87. The first-order valence-corrected chi connectivity index (χ1v) is 10.2. The summed E-state index contributed by atoms with van der Waals surface area (Å²) >= 11 is 0. The van der Waals surface area contributed by atoms with Crippen LogP contribution >= 0.6 is 0 Å². The first-order chi connectivity index (χ1) is 13.2. The molecule has 1 aliphatic heterocycles. The third-order valence-corrected chi connectivity index (χ3v) is 7.20. The predicted octanol–water partition coefficient (Wildman–Crippen LogP) is 3.98. The summed E-state index contributed by atoms with van der Waals surface area (Å²) in [5, 5.41) is 0. The maximum atomic E-state index is 6.29. The molecule has 0 bridgehead atoms. The zero-order valence-corrected chi connectivity index (χ0v) is 17.2. The summed E-state index contributed by atoms with van der Waals surface area (Å²) < 4.78 is 12.6. The van der Waals surface area contributed by atoms with E-state index in [0.29, 0.717) is 0 Å². The fraction of sp³-hybridized carbons (Fsp3) is 0.478. The zero-order chi connectivity index (χ0) is 19.7. The van der Waals surface area contributed by atoms with Crippen molar-refractivity contribution in [2.24, 2.45) is 0 Å². The Hall–Kier alpha value is -1.98. The molecule has 1 saturated heterocycles. The average Bonchev–Trinajstić information content (AvgIpc) is 3.11. The van der Waals surface area contributed by atoms with Crippen LogP contribution in [0.1, 0.15) is 58.2 Å². The van der Waals surface area contributed by atoms with Gasteiger partial charge in [-0.25, -0.2) is 0 Å². The molecular weight excluding hydrogens is 347 g/mol. The molecule has 1 atom stereocenters. The van der Waals surface area contributed by atoms with E-state index >= 15 is 0 Å². The Kier molecular flexibility index (Phi) is 3.73. The summed E-state index contributed by atoms with van der Waals surface area (Å²) in [7, 11) is -0.389. The second kappa shape index (κ2) is 5.77. The van der Waals surface area contributed by atoms with E-state index < -0.39 is 0 Å². The van der Waals surface area contributed by atoms with Crippen LogP contribution in [-0.2, 0) is 21.1 Å². The van der Waals surface area contributed by atoms with Crippen LogP contribution in [-0.4, -0.2) is 28.3 Å². The van der Waals surface area contributed by atoms with Crippen molar-refractivity contribution in [1.29, 1.82) is 0 Å². The molecule has 2 fully saturated rings. The molecule has 144 valence electrons. The van der Waals surface area contributed by atoms with Crippen molar-refractivity contribution in [3.05, 3.63) is 54.0 Å². The van der Waals surface area contributed by atoms with Crippen LogP contribution < -0.4 is 5.46 Å². The van der Waals surface area contributed by atoms with Crippen molar-refractivity contribution >= 4 is 12.6 Å². The van der Waals surface area contributed by atoms with Gasteiger partial charge in [-0.1, -0.05) is 18.2 Å². The average molecular weight is 374 g/mol. The monoisotopic (exact) mass is 374 g/mol. The van der Waals surface area contributed by atoms with E-state index in [9.17, 15) is 0 Å². The van der Waals surface area contributed by atoms with Crippen molar-refractivity contribution in [3.63, 3.8) is 0 Å². The number of aromatic nitrogens is 2. The van der Waals surface area contributed by atoms with E-state index in [1.54, 1.807) is 0 Å². The second-order valence-electron chi connectivity index (χ2n) is 9.63. The molecule has 2 aromatic heterocycles. The Morgan fingerprint density at radius 1 is 1.07 bits per heavy atom. The van der Waals surface area contributed by atoms with Gasteiger partial charge < -0.3 is 9.31 Å². The molecule has 0 amide bonds. The zero-order valence-electron chi connectivity index (χ0n) is 17.2. The summed E-state index contributed by atoms with van der Waals surface area (Å²) in [5.74, 6) is 0. The number of fused-ring (bicyclic) bond motifs is 4. The van der Waals surface area contributed by atoms with Gasteiger partial charge in [0, 0.05) is 35.3 Å². The first-order valence-electron chi connectivity index (χ1n) is 10.2. The number of rotatable bonds is 1. The van der Waals surface area contributed by atoms with Crippen LogP contribution in [0.5, 0.6) is 0 Å². The topological polar surface area (TPSA) is 44.2 Å². The Balaban J connectivity index is 1.63. The molecule has 2 aromatic rings. The van der Waals surface area contributed by atoms with Gasteiger partial charge in [-0.2, -0.15) is 0 Å². The molecule has 3 aliphatic rings. The van der Waals surface area contributed by atoms with Gasteiger partial charge in [0.05, 0.1) is 22.6 Å². The van der Waals surface area contributed by atoms with Gasteiger partial charge in [-0.15, -0.1) is 0 Å². The lowest BCUT2D eigenvalue weighted by atomic mass is 9.67. The summed E-state index contributed by atoms with van der Waals surface area (Å²) in [4.78, 5) is 9.60. The predicted molar refractivity (Wildman–Crippen MR) is 112 cm³/mol. The first kappa shape index (κ1) is 18.1. The largest absolute Gasteiger partial charge is 0.496 e. The molecule has 0 radical (unpaired) electrons. The molecule has 3 heterocycles. The Bertz CT molecular complexity index is 968. The van der Waals surface area contributed by atoms with Crippen LogP contribution in [0, 0.1) is 0 Å². The molecule has 2 aliphatic carbocycles. The van der Waals surface area contributed by atoms with Crippen molar-refractivity contribution < 1.29 is 9.31 Å². The molecule has 4 nitrogen and oxygen atoms in total. The van der Waals surface area contributed by atoms with E-state index in [0.717, 1.165) is 48.1 Å². The molecule has 1 unspecified atom stereocenters. The second-order valence-corrected chi connectivity index (χ2v) is 9.63. The molecule has 5 heteroatoms. The molecule has 1 saturated carbocycles. The van der Waals surface area contributed by atoms with Crippen LogP contribution in [0.25, 0.3) is 11.3 Å². The highest BCUT2D eigenvalue weighted by atomic mass is 16.7. The molecule has 28 heavy (non-hydrogen) atoms. The molecule has 1 spiro atoms. The fourth-order valence-electron chi connectivity index (χ4n) is 4.87. The Labute approximate surface area is 167 Å². The smallest absolute Gasteiger partial charge is 0.399 e. The van der Waals surface area contributed by atoms with E-state index in [1.165, 1.54) is 11.1 Å². The van der Waals surface area contributed by atoms with Crippen molar-refractivity contribution in [1.82, 2.24) is 9.97 Å². The van der Waals surface area contributed by atoms with Gasteiger partial charge in [0.2, 0.25) is 0 Å². The highest BCUT2D eigenvalue weighted by molar-refractivity contribution is 6.62. The number of allylic oxidation sites excluding steroid dienone is 1. The van der Waals surface area contributed by atoms with Gasteiger partial charge in [0.1, 0.15) is 0 Å². The Morgan fingerprint density at radius 2 is 1.82 bits per heavy atom.